The largest absolute Gasteiger partial charge is 0.444 e. The molecule has 0 spiro atoms. The summed E-state index contributed by atoms with van der Waals surface area (Å²) in [5.41, 5.74) is -1.46. The van der Waals surface area contributed by atoms with Crippen LogP contribution in [0.2, 0.25) is 0 Å². The minimum Gasteiger partial charge on any atom is -0.444 e. The zero-order valence-electron chi connectivity index (χ0n) is 17.2. The lowest BCUT2D eigenvalue weighted by Gasteiger charge is -2.22. The molecule has 156 valence electrons. The Labute approximate surface area is 163 Å². The molecule has 1 aromatic carbocycles. The van der Waals surface area contributed by atoms with Gasteiger partial charge < -0.3 is 9.47 Å². The van der Waals surface area contributed by atoms with Crippen LogP contribution in [0, 0.1) is 18.6 Å². The lowest BCUT2D eigenvalue weighted by molar-refractivity contribution is 0.0545. The van der Waals surface area contributed by atoms with Gasteiger partial charge >= 0.3 is 12.2 Å². The smallest absolute Gasteiger partial charge is 0.414 e. The number of amides is 2. The van der Waals surface area contributed by atoms with E-state index in [1.807, 2.05) is 0 Å². The van der Waals surface area contributed by atoms with Crippen LogP contribution in [0.15, 0.2) is 17.1 Å². The first-order valence-corrected chi connectivity index (χ1v) is 8.66. The predicted molar refractivity (Wildman–Crippen MR) is 101 cm³/mol. The van der Waals surface area contributed by atoms with E-state index in [1.54, 1.807) is 41.5 Å². The highest BCUT2D eigenvalue weighted by atomic mass is 19.2. The second-order valence-electron chi connectivity index (χ2n) is 8.09. The van der Waals surface area contributed by atoms with Crippen molar-refractivity contribution < 1.29 is 27.8 Å². The van der Waals surface area contributed by atoms with Crippen LogP contribution >= 0.6 is 0 Å². The molecule has 0 fully saturated rings. The van der Waals surface area contributed by atoms with Crippen LogP contribution in [0.5, 0.6) is 0 Å². The maximum Gasteiger partial charge on any atom is 0.414 e. The third kappa shape index (κ3) is 8.32. The number of carbonyl (C=O) groups excluding carboxylic acids is 2. The van der Waals surface area contributed by atoms with Crippen LogP contribution in [0.1, 0.15) is 52.7 Å². The molecule has 0 aliphatic rings. The number of benzene rings is 1. The number of ether oxygens (including phenoxy) is 2. The first-order valence-electron chi connectivity index (χ1n) is 8.66. The number of halogens is 2. The summed E-state index contributed by atoms with van der Waals surface area (Å²) in [4.78, 5) is 27.9. The number of alkyl carbamates (subject to hydrolysis) is 2. The quantitative estimate of drug-likeness (QED) is 0.577. The zero-order valence-corrected chi connectivity index (χ0v) is 17.2. The lowest BCUT2D eigenvalue weighted by Crippen LogP contribution is -2.47. The summed E-state index contributed by atoms with van der Waals surface area (Å²) < 4.78 is 37.9. The third-order valence-electron chi connectivity index (χ3n) is 3.00. The van der Waals surface area contributed by atoms with Gasteiger partial charge in [-0.1, -0.05) is 12.1 Å². The van der Waals surface area contributed by atoms with E-state index >= 15 is 0 Å². The van der Waals surface area contributed by atoms with Gasteiger partial charge in [-0.3, -0.25) is 10.6 Å². The Morgan fingerprint density at radius 3 is 1.82 bits per heavy atom. The number of carbonyl (C=O) groups is 2. The van der Waals surface area contributed by atoms with Crippen molar-refractivity contribution in [2.24, 2.45) is 4.99 Å². The van der Waals surface area contributed by atoms with Gasteiger partial charge in [0.1, 0.15) is 11.2 Å². The molecule has 0 unspecified atom stereocenters. The van der Waals surface area contributed by atoms with Gasteiger partial charge in [-0.2, -0.15) is 0 Å². The Kier molecular flexibility index (Phi) is 7.49. The van der Waals surface area contributed by atoms with Crippen LogP contribution in [0.25, 0.3) is 0 Å². The van der Waals surface area contributed by atoms with Crippen LogP contribution in [-0.2, 0) is 16.0 Å². The topological polar surface area (TPSA) is 89.0 Å². The molecule has 28 heavy (non-hydrogen) atoms. The van der Waals surface area contributed by atoms with Crippen LogP contribution < -0.4 is 10.6 Å². The molecule has 0 aliphatic heterocycles. The van der Waals surface area contributed by atoms with Crippen molar-refractivity contribution in [3.8, 4) is 0 Å². The summed E-state index contributed by atoms with van der Waals surface area (Å²) in [5, 5.41) is 4.53. The maximum absolute atomic E-state index is 14.0. The number of hydrogen-bond acceptors (Lipinski definition) is 5. The average molecular weight is 399 g/mol. The minimum atomic E-state index is -1.04. The highest BCUT2D eigenvalue weighted by Crippen LogP contribution is 2.16. The van der Waals surface area contributed by atoms with Crippen molar-refractivity contribution in [2.45, 2.75) is 66.2 Å². The van der Waals surface area contributed by atoms with Crippen molar-refractivity contribution in [1.29, 1.82) is 0 Å². The van der Waals surface area contributed by atoms with Crippen molar-refractivity contribution >= 4 is 18.1 Å². The predicted octanol–water partition coefficient (Wildman–Crippen LogP) is 4.18. The van der Waals surface area contributed by atoms with E-state index in [9.17, 15) is 18.4 Å². The third-order valence-corrected chi connectivity index (χ3v) is 3.00. The van der Waals surface area contributed by atoms with Gasteiger partial charge in [-0.15, -0.1) is 0 Å². The van der Waals surface area contributed by atoms with E-state index in [4.69, 9.17) is 9.47 Å². The molecule has 0 saturated heterocycles. The second kappa shape index (κ2) is 8.99. The molecule has 0 aromatic heterocycles. The van der Waals surface area contributed by atoms with Crippen molar-refractivity contribution in [1.82, 2.24) is 10.6 Å². The summed E-state index contributed by atoms with van der Waals surface area (Å²) >= 11 is 0. The van der Waals surface area contributed by atoms with E-state index in [2.05, 4.69) is 15.6 Å². The van der Waals surface area contributed by atoms with Gasteiger partial charge in [0.15, 0.2) is 11.6 Å². The molecule has 0 aliphatic carbocycles. The minimum absolute atomic E-state index is 0.0439. The molecular formula is C19H27F2N3O4. The normalized spacial score (nSPS) is 11.5. The first-order chi connectivity index (χ1) is 12.7. The van der Waals surface area contributed by atoms with E-state index in [1.165, 1.54) is 19.1 Å². The number of aryl methyl sites for hydroxylation is 1. The fraction of sp³-hybridized carbons (Fsp3) is 0.526. The Bertz CT molecular complexity index is 734. The summed E-state index contributed by atoms with van der Waals surface area (Å²) in [6.07, 6.45) is -1.75. The number of nitrogens with one attached hydrogen (secondary N) is 2. The van der Waals surface area contributed by atoms with Crippen LogP contribution in [-0.4, -0.2) is 29.3 Å². The van der Waals surface area contributed by atoms with Crippen molar-refractivity contribution in [3.63, 3.8) is 0 Å². The summed E-state index contributed by atoms with van der Waals surface area (Å²) in [6.45, 7) is 11.1. The van der Waals surface area contributed by atoms with E-state index in [-0.39, 0.29) is 23.6 Å². The fourth-order valence-corrected chi connectivity index (χ4v) is 1.88. The van der Waals surface area contributed by atoms with E-state index in [0.29, 0.717) is 0 Å². The van der Waals surface area contributed by atoms with Gasteiger partial charge in [-0.25, -0.2) is 23.4 Å². The Morgan fingerprint density at radius 2 is 1.39 bits per heavy atom. The fourth-order valence-electron chi connectivity index (χ4n) is 1.88. The molecule has 2 N–H and O–H groups in total. The van der Waals surface area contributed by atoms with Gasteiger partial charge in [0.2, 0.25) is 5.96 Å². The monoisotopic (exact) mass is 399 g/mol. The zero-order chi connectivity index (χ0) is 21.7. The second-order valence-corrected chi connectivity index (χ2v) is 8.09. The highest BCUT2D eigenvalue weighted by molar-refractivity contribution is 6.01. The number of aliphatic imine (C=N–C) groups is 1. The Hall–Kier alpha value is -2.71. The number of nitrogens with zero attached hydrogens (tertiary/aromatic N) is 1. The molecule has 1 aromatic rings. The molecule has 0 heterocycles. The van der Waals surface area contributed by atoms with Gasteiger partial charge in [-0.05, 0) is 54.0 Å². The molecule has 9 heteroatoms. The number of guanidine groups is 1. The highest BCUT2D eigenvalue weighted by Gasteiger charge is 2.21. The summed E-state index contributed by atoms with van der Waals surface area (Å²) in [6, 6.07) is 2.78. The average Bonchev–Trinajstić information content (AvgIpc) is 2.47. The Morgan fingerprint density at radius 1 is 0.929 bits per heavy atom. The maximum atomic E-state index is 14.0. The van der Waals surface area contributed by atoms with Crippen molar-refractivity contribution in [2.75, 3.05) is 0 Å². The van der Waals surface area contributed by atoms with Crippen LogP contribution in [0.3, 0.4) is 0 Å². The van der Waals surface area contributed by atoms with Gasteiger partial charge in [0.25, 0.3) is 0 Å². The van der Waals surface area contributed by atoms with Crippen LogP contribution in [0.4, 0.5) is 18.4 Å². The standard InChI is InChI=1S/C19H27F2N3O4/c1-11-8-9-12(14(21)13(11)20)10-22-15(23-16(25)27-18(2,3)4)24-17(26)28-19(5,6)7/h8-9H,10H2,1-7H3,(H2,22,23,24,25,26). The summed E-state index contributed by atoms with van der Waals surface area (Å²) in [7, 11) is 0. The molecule has 0 atom stereocenters. The first kappa shape index (κ1) is 23.3. The van der Waals surface area contributed by atoms with E-state index in [0.717, 1.165) is 0 Å². The van der Waals surface area contributed by atoms with Gasteiger partial charge in [0, 0.05) is 5.56 Å². The molecule has 0 saturated carbocycles. The molecule has 7 nitrogen and oxygen atoms in total. The SMILES string of the molecule is Cc1ccc(CN=C(NC(=O)OC(C)(C)C)NC(=O)OC(C)(C)C)c(F)c1F. The molecule has 0 bridgehead atoms. The molecular weight excluding hydrogens is 372 g/mol. The molecule has 1 rings (SSSR count). The lowest BCUT2D eigenvalue weighted by atomic mass is 10.1. The number of rotatable bonds is 2. The number of hydrogen-bond donors (Lipinski definition) is 2. The molecule has 0 radical (unpaired) electrons. The van der Waals surface area contributed by atoms with E-state index < -0.39 is 35.0 Å². The van der Waals surface area contributed by atoms with Crippen molar-refractivity contribution in [3.05, 3.63) is 34.9 Å². The van der Waals surface area contributed by atoms with Gasteiger partial charge in [0.05, 0.1) is 6.54 Å². The summed E-state index contributed by atoms with van der Waals surface area (Å²) in [5.74, 6) is -2.34. The Balaban J connectivity index is 3.01. The molecule has 2 amide bonds.